The molecule has 5 rings (SSSR count). The number of rotatable bonds is 2. The van der Waals surface area contributed by atoms with Crippen LogP contribution in [0.25, 0.3) is 0 Å². The summed E-state index contributed by atoms with van der Waals surface area (Å²) in [5.41, 5.74) is 0. The van der Waals surface area contributed by atoms with Crippen molar-refractivity contribution >= 4 is 11.8 Å². The van der Waals surface area contributed by atoms with E-state index in [-0.39, 0.29) is 4.99 Å². The topological polar surface area (TPSA) is 61.4 Å². The van der Waals surface area contributed by atoms with Gasteiger partial charge in [0.05, 0.1) is 0 Å². The van der Waals surface area contributed by atoms with Gasteiger partial charge in [-0.3, -0.25) is 0 Å². The molecule has 18 heavy (non-hydrogen) atoms. The first kappa shape index (κ1) is 10.3. The van der Waals surface area contributed by atoms with Crippen LogP contribution in [-0.4, -0.2) is 34.8 Å². The minimum atomic E-state index is -0.343. The molecule has 1 aliphatic carbocycles. The normalized spacial score (nSPS) is 28.7. The van der Waals surface area contributed by atoms with Crippen molar-refractivity contribution in [3.8, 4) is 0 Å². The highest BCUT2D eigenvalue weighted by molar-refractivity contribution is 8.00. The third-order valence-corrected chi connectivity index (χ3v) is 5.34. The van der Waals surface area contributed by atoms with E-state index in [1.165, 1.54) is 6.42 Å². The standard InChI is InChI=1S/C11H12N6S/c1-3-10-4-2-9(1)11(18-10,16-7-12-5-14-16)17-8-13-6-15-17/h1,3,5-10H,2,4H2. The largest absolute Gasteiger partial charge is 0.223 e. The number of aromatic nitrogens is 6. The van der Waals surface area contributed by atoms with Crippen molar-refractivity contribution in [2.45, 2.75) is 23.1 Å². The molecular weight excluding hydrogens is 248 g/mol. The summed E-state index contributed by atoms with van der Waals surface area (Å²) >= 11 is 1.88. The second-order valence-electron chi connectivity index (χ2n) is 4.56. The van der Waals surface area contributed by atoms with Gasteiger partial charge >= 0.3 is 0 Å². The van der Waals surface area contributed by atoms with Crippen LogP contribution in [0.3, 0.4) is 0 Å². The Morgan fingerprint density at radius 3 is 2.11 bits per heavy atom. The Labute approximate surface area is 108 Å². The van der Waals surface area contributed by atoms with E-state index in [2.05, 4.69) is 32.3 Å². The monoisotopic (exact) mass is 260 g/mol. The Balaban J connectivity index is 1.92. The van der Waals surface area contributed by atoms with Crippen LogP contribution in [-0.2, 0) is 4.99 Å². The Bertz CT molecular complexity index is 526. The maximum Gasteiger partial charge on any atom is 0.210 e. The molecule has 2 aromatic rings. The third kappa shape index (κ3) is 1.25. The van der Waals surface area contributed by atoms with Crippen molar-refractivity contribution in [3.63, 3.8) is 0 Å². The molecule has 0 N–H and O–H groups in total. The van der Waals surface area contributed by atoms with Gasteiger partial charge in [0.15, 0.2) is 0 Å². The van der Waals surface area contributed by atoms with Crippen LogP contribution < -0.4 is 0 Å². The minimum Gasteiger partial charge on any atom is -0.223 e. The molecule has 92 valence electrons. The number of allylic oxidation sites excluding steroid dienone is 1. The summed E-state index contributed by atoms with van der Waals surface area (Å²) in [4.78, 5) is 7.83. The second-order valence-corrected chi connectivity index (χ2v) is 6.01. The van der Waals surface area contributed by atoms with Gasteiger partial charge in [-0.15, -0.1) is 11.8 Å². The minimum absolute atomic E-state index is 0.343. The molecule has 4 heterocycles. The van der Waals surface area contributed by atoms with E-state index in [4.69, 9.17) is 0 Å². The number of thioether (sulfide) groups is 1. The lowest BCUT2D eigenvalue weighted by molar-refractivity contribution is 0.206. The Morgan fingerprint density at radius 1 is 1.00 bits per heavy atom. The lowest BCUT2D eigenvalue weighted by Crippen LogP contribution is -2.50. The van der Waals surface area contributed by atoms with E-state index in [1.54, 1.807) is 25.3 Å². The molecule has 1 saturated heterocycles. The molecule has 2 atom stereocenters. The quantitative estimate of drug-likeness (QED) is 0.757. The molecule has 0 saturated carbocycles. The van der Waals surface area contributed by atoms with Crippen molar-refractivity contribution in [3.05, 3.63) is 37.5 Å². The predicted octanol–water partition coefficient (Wildman–Crippen LogP) is 1.11. The summed E-state index contributed by atoms with van der Waals surface area (Å²) in [6.45, 7) is 0. The van der Waals surface area contributed by atoms with Crippen LogP contribution in [0.4, 0.5) is 0 Å². The molecule has 0 aromatic carbocycles. The molecule has 0 amide bonds. The molecule has 6 nitrogen and oxygen atoms in total. The zero-order chi connectivity index (χ0) is 12.0. The van der Waals surface area contributed by atoms with E-state index in [0.717, 1.165) is 6.42 Å². The molecule has 0 spiro atoms. The molecule has 2 bridgehead atoms. The molecule has 2 aliphatic heterocycles. The van der Waals surface area contributed by atoms with Gasteiger partial charge in [0.1, 0.15) is 25.3 Å². The highest BCUT2D eigenvalue weighted by Crippen LogP contribution is 2.52. The first-order valence-electron chi connectivity index (χ1n) is 5.96. The van der Waals surface area contributed by atoms with Crippen LogP contribution in [0.1, 0.15) is 12.8 Å². The maximum atomic E-state index is 4.35. The van der Waals surface area contributed by atoms with Gasteiger partial charge in [-0.05, 0) is 12.8 Å². The Hall–Kier alpha value is -1.63. The molecule has 0 radical (unpaired) electrons. The highest BCUT2D eigenvalue weighted by Gasteiger charge is 2.50. The van der Waals surface area contributed by atoms with Crippen LogP contribution >= 0.6 is 11.8 Å². The van der Waals surface area contributed by atoms with E-state index < -0.39 is 0 Å². The van der Waals surface area contributed by atoms with E-state index in [1.807, 2.05) is 21.1 Å². The van der Waals surface area contributed by atoms with Gasteiger partial charge in [0.2, 0.25) is 4.99 Å². The number of fused-ring (bicyclic) bond motifs is 2. The lowest BCUT2D eigenvalue weighted by atomic mass is 9.91. The summed E-state index contributed by atoms with van der Waals surface area (Å²) in [5, 5.41) is 9.22. The van der Waals surface area contributed by atoms with Gasteiger partial charge in [0.25, 0.3) is 0 Å². The fourth-order valence-electron chi connectivity index (χ4n) is 2.82. The molecule has 1 fully saturated rings. The first-order valence-corrected chi connectivity index (χ1v) is 6.84. The number of hydrogen-bond donors (Lipinski definition) is 0. The van der Waals surface area contributed by atoms with Crippen molar-refractivity contribution in [1.82, 2.24) is 29.5 Å². The van der Waals surface area contributed by atoms with E-state index >= 15 is 0 Å². The SMILES string of the molecule is C1=CC2CCC1SC2(n1cncn1)n1cncn1. The van der Waals surface area contributed by atoms with Crippen molar-refractivity contribution in [1.29, 1.82) is 0 Å². The Kier molecular flexibility index (Phi) is 2.11. The predicted molar refractivity (Wildman–Crippen MR) is 66.7 cm³/mol. The van der Waals surface area contributed by atoms with Crippen LogP contribution in [0.2, 0.25) is 0 Å². The van der Waals surface area contributed by atoms with Gasteiger partial charge in [-0.25, -0.2) is 19.3 Å². The summed E-state index contributed by atoms with van der Waals surface area (Å²) < 4.78 is 3.82. The first-order chi connectivity index (χ1) is 8.89. The van der Waals surface area contributed by atoms with Gasteiger partial charge in [-0.2, -0.15) is 10.2 Å². The highest BCUT2D eigenvalue weighted by atomic mass is 32.2. The van der Waals surface area contributed by atoms with Crippen molar-refractivity contribution in [2.75, 3.05) is 0 Å². The summed E-state index contributed by atoms with van der Waals surface area (Å²) in [7, 11) is 0. The molecule has 2 unspecified atom stereocenters. The molecule has 3 aliphatic rings. The molecule has 2 aromatic heterocycles. The fourth-order valence-corrected chi connectivity index (χ4v) is 4.46. The van der Waals surface area contributed by atoms with Crippen LogP contribution in [0, 0.1) is 5.92 Å². The second kappa shape index (κ2) is 3.68. The lowest BCUT2D eigenvalue weighted by Gasteiger charge is -2.46. The van der Waals surface area contributed by atoms with E-state index in [0.29, 0.717) is 11.2 Å². The average Bonchev–Trinajstić information content (AvgIpc) is 3.14. The maximum absolute atomic E-state index is 4.35. The van der Waals surface area contributed by atoms with Gasteiger partial charge in [0, 0.05) is 11.2 Å². The summed E-state index contributed by atoms with van der Waals surface area (Å²) in [6.07, 6.45) is 13.6. The summed E-state index contributed by atoms with van der Waals surface area (Å²) in [6, 6.07) is 0. The number of nitrogens with zero attached hydrogens (tertiary/aromatic N) is 6. The van der Waals surface area contributed by atoms with Gasteiger partial charge in [-0.1, -0.05) is 12.2 Å². The fraction of sp³-hybridized carbons (Fsp3) is 0.455. The van der Waals surface area contributed by atoms with Crippen LogP contribution in [0.5, 0.6) is 0 Å². The molecular formula is C11H12N6S. The third-order valence-electron chi connectivity index (χ3n) is 3.62. The van der Waals surface area contributed by atoms with Crippen molar-refractivity contribution in [2.24, 2.45) is 5.92 Å². The molecule has 7 heteroatoms. The summed E-state index contributed by atoms with van der Waals surface area (Å²) in [5.74, 6) is 0.371. The van der Waals surface area contributed by atoms with Crippen LogP contribution in [0.15, 0.2) is 37.5 Å². The van der Waals surface area contributed by atoms with Gasteiger partial charge < -0.3 is 0 Å². The zero-order valence-electron chi connectivity index (χ0n) is 9.62. The Morgan fingerprint density at radius 2 is 1.72 bits per heavy atom. The smallest absolute Gasteiger partial charge is 0.210 e. The van der Waals surface area contributed by atoms with E-state index in [9.17, 15) is 0 Å². The zero-order valence-corrected chi connectivity index (χ0v) is 10.4. The number of hydrogen-bond acceptors (Lipinski definition) is 5. The average molecular weight is 260 g/mol. The van der Waals surface area contributed by atoms with Crippen molar-refractivity contribution < 1.29 is 0 Å².